The Morgan fingerprint density at radius 1 is 1.11 bits per heavy atom. The molecule has 0 aliphatic heterocycles. The van der Waals surface area contributed by atoms with Crippen molar-refractivity contribution in [2.75, 3.05) is 0 Å². The summed E-state index contributed by atoms with van der Waals surface area (Å²) in [6, 6.07) is 12.1. The minimum absolute atomic E-state index is 0.331. The van der Waals surface area contributed by atoms with Gasteiger partial charge in [0.15, 0.2) is 0 Å². The molecule has 2 aromatic rings. The van der Waals surface area contributed by atoms with Gasteiger partial charge < -0.3 is 0 Å². The molecule has 2 aromatic carbocycles. The molecule has 0 heterocycles. The van der Waals surface area contributed by atoms with E-state index in [1.165, 1.54) is 17.7 Å². The molecule has 0 fully saturated rings. The van der Waals surface area contributed by atoms with Crippen LogP contribution in [-0.2, 0) is 22.3 Å². The molecular formula is C15H14ClFOS. The predicted molar refractivity (Wildman–Crippen MR) is 78.1 cm³/mol. The summed E-state index contributed by atoms with van der Waals surface area (Å²) in [6.45, 7) is 2.01. The lowest BCUT2D eigenvalue weighted by Gasteiger charge is -2.05. The van der Waals surface area contributed by atoms with Gasteiger partial charge in [0.25, 0.3) is 0 Å². The van der Waals surface area contributed by atoms with E-state index in [-0.39, 0.29) is 5.82 Å². The van der Waals surface area contributed by atoms with Crippen LogP contribution in [0.4, 0.5) is 4.39 Å². The van der Waals surface area contributed by atoms with Gasteiger partial charge in [0, 0.05) is 21.6 Å². The SMILES string of the molecule is Cc1ccc(C[S@@](=O)Cc2ccc(F)cc2Cl)cc1. The minimum atomic E-state index is -1.05. The second-order valence-corrected chi connectivity index (χ2v) is 6.31. The summed E-state index contributed by atoms with van der Waals surface area (Å²) < 4.78 is 25.0. The Balaban J connectivity index is 2.03. The molecule has 0 aromatic heterocycles. The molecule has 0 saturated carbocycles. The number of benzene rings is 2. The molecule has 0 aliphatic rings. The zero-order chi connectivity index (χ0) is 13.8. The molecule has 100 valence electrons. The van der Waals surface area contributed by atoms with E-state index in [4.69, 9.17) is 11.6 Å². The number of aryl methyl sites for hydroxylation is 1. The van der Waals surface area contributed by atoms with E-state index >= 15 is 0 Å². The van der Waals surface area contributed by atoms with Crippen molar-refractivity contribution in [3.8, 4) is 0 Å². The molecule has 0 spiro atoms. The average Bonchev–Trinajstić information content (AvgIpc) is 2.36. The molecule has 0 bridgehead atoms. The molecule has 0 saturated heterocycles. The monoisotopic (exact) mass is 296 g/mol. The Morgan fingerprint density at radius 3 is 2.42 bits per heavy atom. The van der Waals surface area contributed by atoms with Crippen LogP contribution in [-0.4, -0.2) is 4.21 Å². The lowest BCUT2D eigenvalue weighted by molar-refractivity contribution is 0.627. The van der Waals surface area contributed by atoms with Gasteiger partial charge in [0.05, 0.1) is 5.75 Å². The lowest BCUT2D eigenvalue weighted by atomic mass is 10.2. The molecule has 1 atom stereocenters. The largest absolute Gasteiger partial charge is 0.259 e. The van der Waals surface area contributed by atoms with E-state index in [1.54, 1.807) is 6.07 Å². The molecule has 0 N–H and O–H groups in total. The van der Waals surface area contributed by atoms with Crippen molar-refractivity contribution in [3.05, 3.63) is 70.0 Å². The molecule has 1 nitrogen and oxygen atoms in total. The first-order chi connectivity index (χ1) is 9.04. The summed E-state index contributed by atoms with van der Waals surface area (Å²) in [5.41, 5.74) is 2.92. The highest BCUT2D eigenvalue weighted by Crippen LogP contribution is 2.20. The molecule has 0 amide bonds. The summed E-state index contributed by atoms with van der Waals surface area (Å²) in [7, 11) is -1.05. The Hall–Kier alpha value is -1.19. The van der Waals surface area contributed by atoms with Gasteiger partial charge in [0.2, 0.25) is 0 Å². The maximum Gasteiger partial charge on any atom is 0.124 e. The minimum Gasteiger partial charge on any atom is -0.259 e. The van der Waals surface area contributed by atoms with Gasteiger partial charge in [0.1, 0.15) is 5.82 Å². The fourth-order valence-corrected chi connectivity index (χ4v) is 3.31. The molecule has 2 rings (SSSR count). The fraction of sp³-hybridized carbons (Fsp3) is 0.200. The molecular weight excluding hydrogens is 283 g/mol. The normalized spacial score (nSPS) is 12.4. The topological polar surface area (TPSA) is 17.1 Å². The first kappa shape index (κ1) is 14.2. The van der Waals surface area contributed by atoms with Crippen molar-refractivity contribution in [1.29, 1.82) is 0 Å². The first-order valence-electron chi connectivity index (χ1n) is 5.89. The smallest absolute Gasteiger partial charge is 0.124 e. The van der Waals surface area contributed by atoms with E-state index in [0.29, 0.717) is 22.1 Å². The number of hydrogen-bond acceptors (Lipinski definition) is 1. The molecule has 0 aliphatic carbocycles. The van der Waals surface area contributed by atoms with Crippen molar-refractivity contribution >= 4 is 22.4 Å². The van der Waals surface area contributed by atoms with Crippen LogP contribution in [0.2, 0.25) is 5.02 Å². The highest BCUT2D eigenvalue weighted by atomic mass is 35.5. The quantitative estimate of drug-likeness (QED) is 0.825. The van der Waals surface area contributed by atoms with Gasteiger partial charge in [-0.05, 0) is 30.2 Å². The third-order valence-corrected chi connectivity index (χ3v) is 4.42. The van der Waals surface area contributed by atoms with Crippen LogP contribution >= 0.6 is 11.6 Å². The molecule has 0 unspecified atom stereocenters. The summed E-state index contributed by atoms with van der Waals surface area (Å²) in [6.07, 6.45) is 0. The van der Waals surface area contributed by atoms with Crippen molar-refractivity contribution in [2.24, 2.45) is 0 Å². The van der Waals surface area contributed by atoms with Crippen LogP contribution in [0.3, 0.4) is 0 Å². The van der Waals surface area contributed by atoms with Crippen LogP contribution < -0.4 is 0 Å². The van der Waals surface area contributed by atoms with Gasteiger partial charge >= 0.3 is 0 Å². The van der Waals surface area contributed by atoms with Crippen LogP contribution in [0.5, 0.6) is 0 Å². The van der Waals surface area contributed by atoms with Crippen LogP contribution in [0.15, 0.2) is 42.5 Å². The van der Waals surface area contributed by atoms with Crippen molar-refractivity contribution in [2.45, 2.75) is 18.4 Å². The maximum absolute atomic E-state index is 12.9. The zero-order valence-corrected chi connectivity index (χ0v) is 12.1. The Kier molecular flexibility index (Phi) is 4.72. The zero-order valence-electron chi connectivity index (χ0n) is 10.5. The van der Waals surface area contributed by atoms with Gasteiger partial charge in [-0.15, -0.1) is 0 Å². The van der Waals surface area contributed by atoms with E-state index in [1.807, 2.05) is 31.2 Å². The maximum atomic E-state index is 12.9. The Labute approximate surface area is 119 Å². The Bertz CT molecular complexity index is 596. The van der Waals surface area contributed by atoms with Gasteiger partial charge in [-0.3, -0.25) is 4.21 Å². The Morgan fingerprint density at radius 2 is 1.79 bits per heavy atom. The summed E-state index contributed by atoms with van der Waals surface area (Å²) in [5, 5.41) is 0.331. The average molecular weight is 297 g/mol. The standard InChI is InChI=1S/C15H14ClFOS/c1-11-2-4-12(5-3-11)9-19(18)10-13-6-7-14(17)8-15(13)16/h2-8H,9-10H2,1H3/t19-/m1/s1. The highest BCUT2D eigenvalue weighted by molar-refractivity contribution is 7.83. The van der Waals surface area contributed by atoms with Gasteiger partial charge in [-0.1, -0.05) is 47.5 Å². The van der Waals surface area contributed by atoms with Crippen molar-refractivity contribution in [1.82, 2.24) is 0 Å². The van der Waals surface area contributed by atoms with Crippen LogP contribution in [0.25, 0.3) is 0 Å². The van der Waals surface area contributed by atoms with Gasteiger partial charge in [-0.2, -0.15) is 0 Å². The van der Waals surface area contributed by atoms with E-state index in [0.717, 1.165) is 5.56 Å². The molecule has 4 heteroatoms. The third kappa shape index (κ3) is 4.15. The van der Waals surface area contributed by atoms with Crippen LogP contribution in [0, 0.1) is 12.7 Å². The van der Waals surface area contributed by atoms with Crippen LogP contribution in [0.1, 0.15) is 16.7 Å². The number of halogens is 2. The van der Waals surface area contributed by atoms with E-state index in [2.05, 4.69) is 0 Å². The molecule has 0 radical (unpaired) electrons. The highest BCUT2D eigenvalue weighted by Gasteiger charge is 2.07. The summed E-state index contributed by atoms with van der Waals surface area (Å²) >= 11 is 5.92. The lowest BCUT2D eigenvalue weighted by Crippen LogP contribution is -2.00. The van der Waals surface area contributed by atoms with E-state index in [9.17, 15) is 8.60 Å². The summed E-state index contributed by atoms with van der Waals surface area (Å²) in [4.78, 5) is 0. The first-order valence-corrected chi connectivity index (χ1v) is 7.75. The second-order valence-electron chi connectivity index (χ2n) is 4.45. The summed E-state index contributed by atoms with van der Waals surface area (Å²) in [5.74, 6) is 0.444. The molecule has 19 heavy (non-hydrogen) atoms. The second kappa shape index (κ2) is 6.31. The van der Waals surface area contributed by atoms with Crippen molar-refractivity contribution in [3.63, 3.8) is 0 Å². The predicted octanol–water partition coefficient (Wildman–Crippen LogP) is 4.24. The van der Waals surface area contributed by atoms with Crippen molar-refractivity contribution < 1.29 is 8.60 Å². The number of rotatable bonds is 4. The third-order valence-electron chi connectivity index (χ3n) is 2.78. The van der Waals surface area contributed by atoms with E-state index < -0.39 is 10.8 Å². The van der Waals surface area contributed by atoms with Gasteiger partial charge in [-0.25, -0.2) is 4.39 Å². The fourth-order valence-electron chi connectivity index (χ4n) is 1.73. The number of hydrogen-bond donors (Lipinski definition) is 0.